The second kappa shape index (κ2) is 7.15. The van der Waals surface area contributed by atoms with Gasteiger partial charge in [0, 0.05) is 15.5 Å². The van der Waals surface area contributed by atoms with Crippen molar-refractivity contribution >= 4 is 40.9 Å². The minimum absolute atomic E-state index is 0.111. The van der Waals surface area contributed by atoms with Gasteiger partial charge in [0.05, 0.1) is 5.75 Å². The average molecular weight is 331 g/mol. The second-order valence-electron chi connectivity index (χ2n) is 5.22. The van der Waals surface area contributed by atoms with Gasteiger partial charge < -0.3 is 16.2 Å². The standard InChI is InChI=1S/C14H19ClN2O3S/c1-8-4-5-9(15)6-10(8)17-11(18)7-21-14(2,3)12(16)13(19)20/h4-6,12H,7,16H2,1-3H3,(H,17,18)(H,19,20)/t12-/m0/s1. The second-order valence-corrected chi connectivity index (χ2v) is 7.28. The highest BCUT2D eigenvalue weighted by atomic mass is 35.5. The van der Waals surface area contributed by atoms with E-state index in [1.165, 1.54) is 11.8 Å². The van der Waals surface area contributed by atoms with Gasteiger partial charge in [0.15, 0.2) is 0 Å². The van der Waals surface area contributed by atoms with Crippen molar-refractivity contribution in [2.75, 3.05) is 11.1 Å². The molecule has 0 aliphatic carbocycles. The van der Waals surface area contributed by atoms with E-state index in [2.05, 4.69) is 5.32 Å². The molecule has 0 spiro atoms. The number of hydrogen-bond donors (Lipinski definition) is 3. The van der Waals surface area contributed by atoms with Gasteiger partial charge >= 0.3 is 5.97 Å². The van der Waals surface area contributed by atoms with E-state index in [0.29, 0.717) is 10.7 Å². The summed E-state index contributed by atoms with van der Waals surface area (Å²) in [6.07, 6.45) is 0. The molecule has 0 aliphatic rings. The SMILES string of the molecule is Cc1ccc(Cl)cc1NC(=O)CSC(C)(C)[C@@H](N)C(=O)O. The third-order valence-corrected chi connectivity index (χ3v) is 4.70. The number of nitrogens with one attached hydrogen (secondary N) is 1. The molecule has 0 unspecified atom stereocenters. The summed E-state index contributed by atoms with van der Waals surface area (Å²) in [5, 5.41) is 12.2. The molecule has 0 bridgehead atoms. The van der Waals surface area contributed by atoms with Gasteiger partial charge in [0.1, 0.15) is 6.04 Å². The Hall–Kier alpha value is -1.24. The molecule has 116 valence electrons. The molecule has 4 N–H and O–H groups in total. The summed E-state index contributed by atoms with van der Waals surface area (Å²) < 4.78 is -0.744. The van der Waals surface area contributed by atoms with Gasteiger partial charge in [0.25, 0.3) is 0 Å². The summed E-state index contributed by atoms with van der Waals surface area (Å²) in [7, 11) is 0. The van der Waals surface area contributed by atoms with E-state index in [0.717, 1.165) is 5.56 Å². The van der Waals surface area contributed by atoms with Gasteiger partial charge in [-0.05, 0) is 38.5 Å². The van der Waals surface area contributed by atoms with Crippen molar-refractivity contribution < 1.29 is 14.7 Å². The molecule has 0 aliphatic heterocycles. The van der Waals surface area contributed by atoms with E-state index in [1.807, 2.05) is 13.0 Å². The minimum atomic E-state index is -1.08. The Morgan fingerprint density at radius 1 is 1.48 bits per heavy atom. The fraction of sp³-hybridized carbons (Fsp3) is 0.429. The van der Waals surface area contributed by atoms with Gasteiger partial charge in [-0.1, -0.05) is 17.7 Å². The van der Waals surface area contributed by atoms with Gasteiger partial charge in [-0.3, -0.25) is 9.59 Å². The number of carboxylic acid groups (broad SMARTS) is 1. The number of nitrogens with two attached hydrogens (primary N) is 1. The van der Waals surface area contributed by atoms with Gasteiger partial charge in [-0.25, -0.2) is 0 Å². The third-order valence-electron chi connectivity index (χ3n) is 3.06. The summed E-state index contributed by atoms with van der Waals surface area (Å²) in [6, 6.07) is 4.20. The maximum atomic E-state index is 12.0. The number of halogens is 1. The number of carbonyl (C=O) groups excluding carboxylic acids is 1. The number of hydrogen-bond acceptors (Lipinski definition) is 4. The number of thioether (sulfide) groups is 1. The Labute approximate surface area is 133 Å². The van der Waals surface area contributed by atoms with Gasteiger partial charge in [-0.15, -0.1) is 11.8 Å². The van der Waals surface area contributed by atoms with Crippen molar-refractivity contribution in [2.24, 2.45) is 5.73 Å². The molecular weight excluding hydrogens is 312 g/mol. The van der Waals surface area contributed by atoms with Crippen LogP contribution in [0.15, 0.2) is 18.2 Å². The van der Waals surface area contributed by atoms with Crippen LogP contribution in [-0.2, 0) is 9.59 Å². The van der Waals surface area contributed by atoms with Crippen molar-refractivity contribution in [1.29, 1.82) is 0 Å². The fourth-order valence-corrected chi connectivity index (χ4v) is 2.58. The predicted molar refractivity (Wildman–Crippen MR) is 87.0 cm³/mol. The molecule has 0 fully saturated rings. The normalized spacial score (nSPS) is 12.8. The first-order valence-corrected chi connectivity index (χ1v) is 7.68. The van der Waals surface area contributed by atoms with Crippen LogP contribution in [0.4, 0.5) is 5.69 Å². The largest absolute Gasteiger partial charge is 0.480 e. The summed E-state index contributed by atoms with van der Waals surface area (Å²) in [5.74, 6) is -1.20. The van der Waals surface area contributed by atoms with E-state index in [-0.39, 0.29) is 11.7 Å². The highest BCUT2D eigenvalue weighted by Crippen LogP contribution is 2.28. The molecule has 0 aromatic heterocycles. The minimum Gasteiger partial charge on any atom is -0.480 e. The molecule has 21 heavy (non-hydrogen) atoms. The molecule has 0 radical (unpaired) electrons. The number of anilines is 1. The van der Waals surface area contributed by atoms with Crippen LogP contribution in [0.25, 0.3) is 0 Å². The smallest absolute Gasteiger partial charge is 0.321 e. The zero-order valence-electron chi connectivity index (χ0n) is 12.1. The predicted octanol–water partition coefficient (Wildman–Crippen LogP) is 2.51. The van der Waals surface area contributed by atoms with Crippen LogP contribution in [0.5, 0.6) is 0 Å². The molecule has 7 heteroatoms. The van der Waals surface area contributed by atoms with Crippen LogP contribution < -0.4 is 11.1 Å². The molecule has 5 nitrogen and oxygen atoms in total. The van der Waals surface area contributed by atoms with Crippen LogP contribution >= 0.6 is 23.4 Å². The average Bonchev–Trinajstić information content (AvgIpc) is 2.39. The molecular formula is C14H19ClN2O3S. The van der Waals surface area contributed by atoms with Crippen molar-refractivity contribution in [3.05, 3.63) is 28.8 Å². The van der Waals surface area contributed by atoms with E-state index >= 15 is 0 Å². The third kappa shape index (κ3) is 5.22. The Morgan fingerprint density at radius 2 is 2.10 bits per heavy atom. The number of rotatable bonds is 6. The van der Waals surface area contributed by atoms with Crippen LogP contribution in [-0.4, -0.2) is 33.5 Å². The van der Waals surface area contributed by atoms with Crippen molar-refractivity contribution in [3.8, 4) is 0 Å². The van der Waals surface area contributed by atoms with Gasteiger partial charge in [-0.2, -0.15) is 0 Å². The molecule has 1 amide bonds. The summed E-state index contributed by atoms with van der Waals surface area (Å²) in [5.41, 5.74) is 7.16. The zero-order valence-corrected chi connectivity index (χ0v) is 13.7. The van der Waals surface area contributed by atoms with E-state index in [9.17, 15) is 9.59 Å². The van der Waals surface area contributed by atoms with Gasteiger partial charge in [0.2, 0.25) is 5.91 Å². The first kappa shape index (κ1) is 17.8. The van der Waals surface area contributed by atoms with Crippen molar-refractivity contribution in [3.63, 3.8) is 0 Å². The monoisotopic (exact) mass is 330 g/mol. The number of benzene rings is 1. The lowest BCUT2D eigenvalue weighted by Crippen LogP contribution is -2.47. The number of amides is 1. The fourth-order valence-electron chi connectivity index (χ4n) is 1.55. The number of carbonyl (C=O) groups is 2. The number of carboxylic acids is 1. The molecule has 1 aromatic carbocycles. The van der Waals surface area contributed by atoms with Crippen LogP contribution in [0.1, 0.15) is 19.4 Å². The molecule has 1 rings (SSSR count). The lowest BCUT2D eigenvalue weighted by atomic mass is 10.1. The van der Waals surface area contributed by atoms with Crippen molar-refractivity contribution in [1.82, 2.24) is 0 Å². The van der Waals surface area contributed by atoms with E-state index < -0.39 is 16.8 Å². The van der Waals surface area contributed by atoms with E-state index in [4.69, 9.17) is 22.4 Å². The molecule has 0 saturated carbocycles. The summed E-state index contributed by atoms with van der Waals surface area (Å²) in [4.78, 5) is 22.9. The maximum absolute atomic E-state index is 12.0. The van der Waals surface area contributed by atoms with Crippen LogP contribution in [0.3, 0.4) is 0 Å². The van der Waals surface area contributed by atoms with E-state index in [1.54, 1.807) is 26.0 Å². The molecule has 0 saturated heterocycles. The quantitative estimate of drug-likeness (QED) is 0.745. The lowest BCUT2D eigenvalue weighted by Gasteiger charge is -2.27. The molecule has 0 heterocycles. The zero-order chi connectivity index (χ0) is 16.2. The Bertz CT molecular complexity index is 549. The highest BCUT2D eigenvalue weighted by molar-refractivity contribution is 8.01. The lowest BCUT2D eigenvalue weighted by molar-refractivity contribution is -0.139. The topological polar surface area (TPSA) is 92.4 Å². The highest BCUT2D eigenvalue weighted by Gasteiger charge is 2.33. The summed E-state index contributed by atoms with van der Waals surface area (Å²) in [6.45, 7) is 5.27. The number of aliphatic carboxylic acids is 1. The maximum Gasteiger partial charge on any atom is 0.321 e. The van der Waals surface area contributed by atoms with Crippen molar-refractivity contribution in [2.45, 2.75) is 31.6 Å². The molecule has 1 aromatic rings. The first-order chi connectivity index (χ1) is 9.63. The first-order valence-electron chi connectivity index (χ1n) is 6.32. The summed E-state index contributed by atoms with van der Waals surface area (Å²) >= 11 is 7.09. The van der Waals surface area contributed by atoms with Crippen LogP contribution in [0.2, 0.25) is 5.02 Å². The Kier molecular flexibility index (Phi) is 6.07. The Balaban J connectivity index is 2.62. The Morgan fingerprint density at radius 3 is 2.67 bits per heavy atom. The number of aryl methyl sites for hydroxylation is 1. The van der Waals surface area contributed by atoms with Crippen LogP contribution in [0, 0.1) is 6.92 Å². The molecule has 1 atom stereocenters.